The highest BCUT2D eigenvalue weighted by Crippen LogP contribution is 2.25. The summed E-state index contributed by atoms with van der Waals surface area (Å²) in [6.45, 7) is 0.635. The first kappa shape index (κ1) is 18.7. The van der Waals surface area contributed by atoms with Crippen molar-refractivity contribution in [1.29, 1.82) is 0 Å². The molecular weight excluding hydrogens is 364 g/mol. The number of nitrogens with zero attached hydrogens (tertiary/aromatic N) is 1. The first-order valence-electron chi connectivity index (χ1n) is 9.68. The summed E-state index contributed by atoms with van der Waals surface area (Å²) in [6, 6.07) is 25.1. The molecule has 1 heterocycles. The Bertz CT molecular complexity index is 1000. The van der Waals surface area contributed by atoms with Gasteiger partial charge in [0.1, 0.15) is 5.75 Å². The van der Waals surface area contributed by atoms with Crippen LogP contribution in [0.4, 0.5) is 11.4 Å². The number of rotatable bonds is 6. The number of ether oxygens (including phenoxy) is 1. The lowest BCUT2D eigenvalue weighted by atomic mass is 10.1. The van der Waals surface area contributed by atoms with Crippen LogP contribution in [0.5, 0.6) is 5.75 Å². The maximum atomic E-state index is 12.3. The number of hydrogen-bond donors (Lipinski definition) is 1. The summed E-state index contributed by atoms with van der Waals surface area (Å²) < 4.78 is 5.60. The zero-order valence-electron chi connectivity index (χ0n) is 16.0. The molecule has 0 radical (unpaired) electrons. The van der Waals surface area contributed by atoms with Crippen LogP contribution in [0, 0.1) is 0 Å². The molecule has 3 aromatic rings. The van der Waals surface area contributed by atoms with Crippen molar-refractivity contribution < 1.29 is 14.3 Å². The van der Waals surface area contributed by atoms with Crippen molar-refractivity contribution in [3.63, 3.8) is 0 Å². The smallest absolute Gasteiger partial charge is 0.262 e. The van der Waals surface area contributed by atoms with Gasteiger partial charge in [-0.05, 0) is 47.9 Å². The predicted octanol–water partition coefficient (Wildman–Crippen LogP) is 4.50. The largest absolute Gasteiger partial charge is 0.484 e. The fraction of sp³-hybridized carbons (Fsp3) is 0.167. The van der Waals surface area contributed by atoms with Gasteiger partial charge in [0.25, 0.3) is 5.91 Å². The average Bonchev–Trinajstić information content (AvgIpc) is 3.19. The van der Waals surface area contributed by atoms with Crippen molar-refractivity contribution in [3.8, 4) is 16.9 Å². The molecule has 0 aromatic heterocycles. The van der Waals surface area contributed by atoms with Gasteiger partial charge in [-0.25, -0.2) is 0 Å². The van der Waals surface area contributed by atoms with Crippen molar-refractivity contribution in [2.24, 2.45) is 0 Å². The van der Waals surface area contributed by atoms with Crippen molar-refractivity contribution in [1.82, 2.24) is 0 Å². The molecule has 146 valence electrons. The maximum absolute atomic E-state index is 12.3. The van der Waals surface area contributed by atoms with Gasteiger partial charge in [0.2, 0.25) is 5.91 Å². The van der Waals surface area contributed by atoms with Crippen molar-refractivity contribution >= 4 is 23.2 Å². The molecule has 5 nitrogen and oxygen atoms in total. The van der Waals surface area contributed by atoms with Crippen LogP contribution in [0.3, 0.4) is 0 Å². The Morgan fingerprint density at radius 2 is 1.69 bits per heavy atom. The minimum absolute atomic E-state index is 0.0858. The SMILES string of the molecule is O=C(COc1ccc(-c2ccccc2)cc1)Nc1cccc(N2CCCC2=O)c1. The zero-order valence-corrected chi connectivity index (χ0v) is 16.0. The molecule has 0 bridgehead atoms. The Labute approximate surface area is 169 Å². The van der Waals surface area contributed by atoms with E-state index in [2.05, 4.69) is 5.32 Å². The fourth-order valence-electron chi connectivity index (χ4n) is 3.39. The predicted molar refractivity (Wildman–Crippen MR) is 114 cm³/mol. The monoisotopic (exact) mass is 386 g/mol. The molecule has 1 aliphatic heterocycles. The Hall–Kier alpha value is -3.60. The minimum Gasteiger partial charge on any atom is -0.484 e. The lowest BCUT2D eigenvalue weighted by Crippen LogP contribution is -2.24. The van der Waals surface area contributed by atoms with Gasteiger partial charge in [-0.15, -0.1) is 0 Å². The van der Waals surface area contributed by atoms with E-state index in [0.717, 1.165) is 29.8 Å². The lowest BCUT2D eigenvalue weighted by molar-refractivity contribution is -0.118. The lowest BCUT2D eigenvalue weighted by Gasteiger charge is -2.16. The second-order valence-corrected chi connectivity index (χ2v) is 6.93. The Morgan fingerprint density at radius 3 is 2.41 bits per heavy atom. The van der Waals surface area contributed by atoms with Gasteiger partial charge in [0, 0.05) is 24.3 Å². The van der Waals surface area contributed by atoms with Crippen LogP contribution in [0.2, 0.25) is 0 Å². The molecule has 0 saturated carbocycles. The van der Waals surface area contributed by atoms with Crippen LogP contribution in [-0.2, 0) is 9.59 Å². The molecule has 0 spiro atoms. The standard InChI is InChI=1S/C24H22N2O3/c27-23(25-20-8-4-9-21(16-20)26-15-5-10-24(26)28)17-29-22-13-11-19(12-14-22)18-6-2-1-3-7-18/h1-4,6-9,11-14,16H,5,10,15,17H2,(H,25,27). The summed E-state index contributed by atoms with van der Waals surface area (Å²) in [5, 5.41) is 2.83. The number of anilines is 2. The third kappa shape index (κ3) is 4.63. The van der Waals surface area contributed by atoms with Gasteiger partial charge in [-0.3, -0.25) is 9.59 Å². The topological polar surface area (TPSA) is 58.6 Å². The molecule has 0 unspecified atom stereocenters. The molecule has 29 heavy (non-hydrogen) atoms. The summed E-state index contributed by atoms with van der Waals surface area (Å²) >= 11 is 0. The van der Waals surface area contributed by atoms with Crippen LogP contribution in [-0.4, -0.2) is 25.0 Å². The zero-order chi connectivity index (χ0) is 20.1. The van der Waals surface area contributed by atoms with E-state index in [1.54, 1.807) is 11.0 Å². The van der Waals surface area contributed by atoms with E-state index in [1.807, 2.05) is 72.8 Å². The van der Waals surface area contributed by atoms with E-state index in [4.69, 9.17) is 4.74 Å². The average molecular weight is 386 g/mol. The summed E-state index contributed by atoms with van der Waals surface area (Å²) in [7, 11) is 0. The molecule has 1 N–H and O–H groups in total. The molecular formula is C24H22N2O3. The van der Waals surface area contributed by atoms with Gasteiger partial charge >= 0.3 is 0 Å². The molecule has 0 atom stereocenters. The summed E-state index contributed by atoms with van der Waals surface area (Å²) in [4.78, 5) is 25.9. The Morgan fingerprint density at radius 1 is 0.931 bits per heavy atom. The summed E-state index contributed by atoms with van der Waals surface area (Å²) in [5.41, 5.74) is 3.68. The minimum atomic E-state index is -0.248. The highest BCUT2D eigenvalue weighted by molar-refractivity contribution is 5.97. The number of carbonyl (C=O) groups is 2. The summed E-state index contributed by atoms with van der Waals surface area (Å²) in [6.07, 6.45) is 1.44. The van der Waals surface area contributed by atoms with Gasteiger partial charge in [-0.1, -0.05) is 48.5 Å². The van der Waals surface area contributed by atoms with Crippen molar-refractivity contribution in [2.45, 2.75) is 12.8 Å². The molecule has 3 aromatic carbocycles. The second-order valence-electron chi connectivity index (χ2n) is 6.93. The number of carbonyl (C=O) groups excluding carboxylic acids is 2. The van der Waals surface area contributed by atoms with E-state index in [9.17, 15) is 9.59 Å². The van der Waals surface area contributed by atoms with Crippen LogP contribution in [0.25, 0.3) is 11.1 Å². The third-order valence-electron chi connectivity index (χ3n) is 4.85. The van der Waals surface area contributed by atoms with Crippen LogP contribution in [0.1, 0.15) is 12.8 Å². The first-order valence-corrected chi connectivity index (χ1v) is 9.68. The van der Waals surface area contributed by atoms with E-state index < -0.39 is 0 Å². The van der Waals surface area contributed by atoms with E-state index >= 15 is 0 Å². The Balaban J connectivity index is 1.33. The molecule has 2 amide bonds. The van der Waals surface area contributed by atoms with Crippen LogP contribution >= 0.6 is 0 Å². The second kappa shape index (κ2) is 8.61. The first-order chi connectivity index (χ1) is 14.2. The van der Waals surface area contributed by atoms with Gasteiger partial charge in [0.05, 0.1) is 0 Å². The molecule has 1 fully saturated rings. The van der Waals surface area contributed by atoms with E-state index in [1.165, 1.54) is 0 Å². The maximum Gasteiger partial charge on any atom is 0.262 e. The Kier molecular flexibility index (Phi) is 5.56. The van der Waals surface area contributed by atoms with E-state index in [0.29, 0.717) is 17.9 Å². The number of hydrogen-bond acceptors (Lipinski definition) is 3. The van der Waals surface area contributed by atoms with Crippen molar-refractivity contribution in [3.05, 3.63) is 78.9 Å². The third-order valence-corrected chi connectivity index (χ3v) is 4.85. The number of nitrogens with one attached hydrogen (secondary N) is 1. The fourth-order valence-corrected chi connectivity index (χ4v) is 3.39. The van der Waals surface area contributed by atoms with Gasteiger partial charge in [0.15, 0.2) is 6.61 Å². The van der Waals surface area contributed by atoms with Crippen molar-refractivity contribution in [2.75, 3.05) is 23.4 Å². The number of benzene rings is 3. The molecule has 5 heteroatoms. The normalized spacial score (nSPS) is 13.4. The van der Waals surface area contributed by atoms with E-state index in [-0.39, 0.29) is 18.4 Å². The van der Waals surface area contributed by atoms with Crippen LogP contribution < -0.4 is 15.0 Å². The molecule has 0 aliphatic carbocycles. The molecule has 4 rings (SSSR count). The quantitative estimate of drug-likeness (QED) is 0.679. The highest BCUT2D eigenvalue weighted by Gasteiger charge is 2.21. The highest BCUT2D eigenvalue weighted by atomic mass is 16.5. The molecule has 1 saturated heterocycles. The summed E-state index contributed by atoms with van der Waals surface area (Å²) in [5.74, 6) is 0.508. The number of amides is 2. The molecule has 1 aliphatic rings. The van der Waals surface area contributed by atoms with Gasteiger partial charge in [-0.2, -0.15) is 0 Å². The van der Waals surface area contributed by atoms with Gasteiger partial charge < -0.3 is 15.0 Å². The van der Waals surface area contributed by atoms with Crippen LogP contribution in [0.15, 0.2) is 78.9 Å².